The Morgan fingerprint density at radius 1 is 1.06 bits per heavy atom. The largest absolute Gasteiger partial charge is 0.444 e. The number of carbonyl (C=O) groups is 1. The fourth-order valence-corrected chi connectivity index (χ4v) is 3.72. The Labute approximate surface area is 195 Å². The lowest BCUT2D eigenvalue weighted by atomic mass is 10.1. The molecule has 168 valence electrons. The molecule has 0 unspecified atom stereocenters. The van der Waals surface area contributed by atoms with E-state index in [1.807, 2.05) is 42.7 Å². The van der Waals surface area contributed by atoms with Gasteiger partial charge in [-0.1, -0.05) is 48.2 Å². The maximum absolute atomic E-state index is 13.7. The number of pyridine rings is 1. The number of rotatable bonds is 4. The summed E-state index contributed by atoms with van der Waals surface area (Å²) in [6.45, 7) is 5.40. The van der Waals surface area contributed by atoms with Gasteiger partial charge in [0, 0.05) is 22.8 Å². The van der Waals surface area contributed by atoms with Crippen molar-refractivity contribution in [1.29, 1.82) is 0 Å². The van der Waals surface area contributed by atoms with Crippen LogP contribution < -0.4 is 10.9 Å². The van der Waals surface area contributed by atoms with E-state index in [9.17, 15) is 9.59 Å². The molecule has 2 heterocycles. The summed E-state index contributed by atoms with van der Waals surface area (Å²) in [5, 5.41) is 4.03. The molecule has 0 aliphatic heterocycles. The number of nitrogens with zero attached hydrogens (tertiary/aromatic N) is 3. The van der Waals surface area contributed by atoms with Gasteiger partial charge in [-0.25, -0.2) is 14.8 Å². The van der Waals surface area contributed by atoms with Gasteiger partial charge in [-0.3, -0.25) is 14.7 Å². The highest BCUT2D eigenvalue weighted by molar-refractivity contribution is 7.98. The highest BCUT2D eigenvalue weighted by Crippen LogP contribution is 2.25. The smallest absolute Gasteiger partial charge is 0.412 e. The van der Waals surface area contributed by atoms with E-state index < -0.39 is 11.7 Å². The van der Waals surface area contributed by atoms with E-state index in [-0.39, 0.29) is 5.56 Å². The predicted octanol–water partition coefficient (Wildman–Crippen LogP) is 5.52. The molecular formula is C25H24N4O3S. The van der Waals surface area contributed by atoms with Gasteiger partial charge in [-0.2, -0.15) is 0 Å². The summed E-state index contributed by atoms with van der Waals surface area (Å²) in [6, 6.07) is 18.3. The van der Waals surface area contributed by atoms with E-state index in [1.54, 1.807) is 55.8 Å². The zero-order valence-electron chi connectivity index (χ0n) is 18.8. The molecule has 0 atom stereocenters. The zero-order valence-corrected chi connectivity index (χ0v) is 19.6. The monoisotopic (exact) mass is 460 g/mol. The third-order valence-corrected chi connectivity index (χ3v) is 5.30. The maximum Gasteiger partial charge on any atom is 0.412 e. The molecular weight excluding hydrogens is 436 g/mol. The zero-order chi connectivity index (χ0) is 23.6. The average Bonchev–Trinajstić information content (AvgIpc) is 2.77. The summed E-state index contributed by atoms with van der Waals surface area (Å²) in [5.41, 5.74) is 2.07. The lowest BCUT2D eigenvalue weighted by Gasteiger charge is -2.20. The molecule has 0 aliphatic carbocycles. The predicted molar refractivity (Wildman–Crippen MR) is 132 cm³/mol. The van der Waals surface area contributed by atoms with E-state index in [2.05, 4.69) is 15.3 Å². The van der Waals surface area contributed by atoms with Crippen LogP contribution in [0.5, 0.6) is 0 Å². The number of nitrogens with one attached hydrogen (secondary N) is 1. The van der Waals surface area contributed by atoms with Crippen LogP contribution in [0.3, 0.4) is 0 Å². The van der Waals surface area contributed by atoms with Crippen LogP contribution in [0.1, 0.15) is 20.8 Å². The maximum atomic E-state index is 13.7. The van der Waals surface area contributed by atoms with Crippen LogP contribution in [0.2, 0.25) is 0 Å². The molecule has 0 fully saturated rings. The molecule has 2 aromatic heterocycles. The van der Waals surface area contributed by atoms with Gasteiger partial charge in [0.15, 0.2) is 10.8 Å². The van der Waals surface area contributed by atoms with E-state index in [4.69, 9.17) is 4.74 Å². The van der Waals surface area contributed by atoms with Crippen molar-refractivity contribution in [3.8, 4) is 16.8 Å². The summed E-state index contributed by atoms with van der Waals surface area (Å²) >= 11 is 1.40. The highest BCUT2D eigenvalue weighted by Gasteiger charge is 2.18. The van der Waals surface area contributed by atoms with E-state index in [0.29, 0.717) is 27.7 Å². The highest BCUT2D eigenvalue weighted by atomic mass is 32.2. The van der Waals surface area contributed by atoms with Crippen LogP contribution in [-0.2, 0) is 4.74 Å². The van der Waals surface area contributed by atoms with Crippen LogP contribution in [0.4, 0.5) is 10.5 Å². The first-order valence-corrected chi connectivity index (χ1v) is 11.6. The number of thioether (sulfide) groups is 1. The molecule has 0 radical (unpaired) electrons. The van der Waals surface area contributed by atoms with Crippen LogP contribution in [0.15, 0.2) is 76.8 Å². The lowest BCUT2D eigenvalue weighted by molar-refractivity contribution is 0.0636. The molecule has 4 rings (SSSR count). The van der Waals surface area contributed by atoms with Crippen molar-refractivity contribution in [1.82, 2.24) is 14.5 Å². The van der Waals surface area contributed by atoms with Crippen molar-refractivity contribution in [3.05, 3.63) is 77.2 Å². The van der Waals surface area contributed by atoms with Crippen molar-refractivity contribution in [2.45, 2.75) is 31.5 Å². The summed E-state index contributed by atoms with van der Waals surface area (Å²) in [6.07, 6.45) is 3.04. The first-order valence-electron chi connectivity index (χ1n) is 10.4. The molecule has 8 heteroatoms. The normalized spacial score (nSPS) is 11.4. The minimum absolute atomic E-state index is 0.214. The van der Waals surface area contributed by atoms with E-state index >= 15 is 0 Å². The second-order valence-electron chi connectivity index (χ2n) is 8.38. The Hall–Kier alpha value is -3.65. The second kappa shape index (κ2) is 9.07. The number of anilines is 1. The van der Waals surface area contributed by atoms with Crippen LogP contribution in [-0.4, -0.2) is 32.5 Å². The number of aromatic nitrogens is 3. The molecule has 0 aliphatic rings. The molecule has 1 amide bonds. The minimum Gasteiger partial charge on any atom is -0.444 e. The summed E-state index contributed by atoms with van der Waals surface area (Å²) in [5.74, 6) is 0. The third-order valence-electron chi connectivity index (χ3n) is 4.74. The fraction of sp³-hybridized carbons (Fsp3) is 0.200. The van der Waals surface area contributed by atoms with E-state index in [1.165, 1.54) is 11.8 Å². The van der Waals surface area contributed by atoms with Gasteiger partial charge >= 0.3 is 6.09 Å². The van der Waals surface area contributed by atoms with Gasteiger partial charge in [-0.15, -0.1) is 0 Å². The van der Waals surface area contributed by atoms with Gasteiger partial charge in [0.2, 0.25) is 0 Å². The molecule has 4 aromatic rings. The Bertz CT molecular complexity index is 1380. The molecule has 0 saturated carbocycles. The number of hydrogen-bond donors (Lipinski definition) is 1. The number of fused-ring (bicyclic) bond motifs is 1. The first kappa shape index (κ1) is 22.5. The summed E-state index contributed by atoms with van der Waals surface area (Å²) < 4.78 is 6.90. The molecule has 7 nitrogen and oxygen atoms in total. The first-order chi connectivity index (χ1) is 15.7. The van der Waals surface area contributed by atoms with Gasteiger partial charge in [0.25, 0.3) is 5.56 Å². The van der Waals surface area contributed by atoms with Gasteiger partial charge in [0.1, 0.15) is 5.60 Å². The van der Waals surface area contributed by atoms with Crippen LogP contribution >= 0.6 is 11.8 Å². The van der Waals surface area contributed by atoms with Gasteiger partial charge < -0.3 is 4.74 Å². The number of carbonyl (C=O) groups excluding carboxylic acids is 1. The molecule has 0 bridgehead atoms. The number of hydrogen-bond acceptors (Lipinski definition) is 6. The van der Waals surface area contributed by atoms with Crippen LogP contribution in [0.25, 0.3) is 27.8 Å². The van der Waals surface area contributed by atoms with Crippen molar-refractivity contribution in [3.63, 3.8) is 0 Å². The quantitative estimate of drug-likeness (QED) is 0.319. The Kier molecular flexibility index (Phi) is 6.20. The van der Waals surface area contributed by atoms with E-state index in [0.717, 1.165) is 10.9 Å². The number of amides is 1. The second-order valence-corrected chi connectivity index (χ2v) is 9.15. The topological polar surface area (TPSA) is 86.1 Å². The summed E-state index contributed by atoms with van der Waals surface area (Å²) in [4.78, 5) is 34.9. The molecule has 2 aromatic carbocycles. The Balaban J connectivity index is 1.88. The SMILES string of the molecule is CSc1ncc2cc(-c3ccccc3)c(=O)n(-c3cccc(NC(=O)OC(C)(C)C)c3)c2n1. The Morgan fingerprint density at radius 2 is 1.82 bits per heavy atom. The van der Waals surface area contributed by atoms with Gasteiger partial charge in [0.05, 0.1) is 5.69 Å². The molecule has 33 heavy (non-hydrogen) atoms. The fourth-order valence-electron chi connectivity index (χ4n) is 3.39. The van der Waals surface area contributed by atoms with Crippen molar-refractivity contribution >= 4 is 34.6 Å². The molecule has 1 N–H and O–H groups in total. The standard InChI is InChI=1S/C25H24N4O3S/c1-25(2,3)32-24(31)27-18-11-8-12-19(14-18)29-21-17(15-26-23(28-21)33-4)13-20(22(29)30)16-9-6-5-7-10-16/h5-15H,1-4H3,(H,27,31). The minimum atomic E-state index is -0.621. The van der Waals surface area contributed by atoms with Crippen molar-refractivity contribution in [2.75, 3.05) is 11.6 Å². The summed E-state index contributed by atoms with van der Waals surface area (Å²) in [7, 11) is 0. The van der Waals surface area contributed by atoms with Crippen molar-refractivity contribution in [2.24, 2.45) is 0 Å². The van der Waals surface area contributed by atoms with Gasteiger partial charge in [-0.05, 0) is 56.9 Å². The number of ether oxygens (including phenoxy) is 1. The number of benzene rings is 2. The average molecular weight is 461 g/mol. The third kappa shape index (κ3) is 5.06. The van der Waals surface area contributed by atoms with Crippen molar-refractivity contribution < 1.29 is 9.53 Å². The lowest BCUT2D eigenvalue weighted by Crippen LogP contribution is -2.27. The molecule has 0 saturated heterocycles. The Morgan fingerprint density at radius 3 is 2.52 bits per heavy atom. The molecule has 0 spiro atoms. The van der Waals surface area contributed by atoms with Crippen LogP contribution in [0, 0.1) is 0 Å².